The fourth-order valence-electron chi connectivity index (χ4n) is 2.65. The van der Waals surface area contributed by atoms with Crippen molar-refractivity contribution < 1.29 is 26.4 Å². The van der Waals surface area contributed by atoms with Gasteiger partial charge in [0.25, 0.3) is 0 Å². The molecule has 1 aliphatic heterocycles. The van der Waals surface area contributed by atoms with Gasteiger partial charge in [0.1, 0.15) is 11.6 Å². The third-order valence-corrected chi connectivity index (χ3v) is 5.64. The van der Waals surface area contributed by atoms with Gasteiger partial charge in [-0.05, 0) is 42.3 Å². The fourth-order valence-corrected chi connectivity index (χ4v) is 4.41. The Labute approximate surface area is 136 Å². The summed E-state index contributed by atoms with van der Waals surface area (Å²) in [5, 5.41) is -1.53. The van der Waals surface area contributed by atoms with Gasteiger partial charge < -0.3 is 0 Å². The van der Waals surface area contributed by atoms with Crippen LogP contribution in [0.25, 0.3) is 0 Å². The van der Waals surface area contributed by atoms with Crippen molar-refractivity contribution in [3.05, 3.63) is 65.0 Å². The van der Waals surface area contributed by atoms with Gasteiger partial charge in [0.05, 0.1) is 0 Å². The molecular weight excluding hydrogens is 343 g/mol. The summed E-state index contributed by atoms with van der Waals surface area (Å²) in [7, 11) is -3.97. The number of rotatable bonds is 2. The van der Waals surface area contributed by atoms with E-state index in [-0.39, 0.29) is 11.3 Å². The molecule has 0 bridgehead atoms. The van der Waals surface area contributed by atoms with Crippen LogP contribution in [0.1, 0.15) is 16.5 Å². The normalized spacial score (nSPS) is 19.8. The maximum Gasteiger partial charge on any atom is 0.243 e. The van der Waals surface area contributed by atoms with Crippen molar-refractivity contribution in [3.8, 4) is 0 Å². The molecule has 1 unspecified atom stereocenters. The van der Waals surface area contributed by atoms with Crippen LogP contribution in [0.5, 0.6) is 0 Å². The zero-order valence-electron chi connectivity index (χ0n) is 12.5. The lowest BCUT2D eigenvalue weighted by molar-refractivity contribution is -0.115. The number of hydrogen-bond acceptors (Lipinski definition) is 3. The number of carbonyl (C=O) groups excluding carboxylic acids is 1. The van der Waals surface area contributed by atoms with Crippen molar-refractivity contribution in [3.63, 3.8) is 0 Å². The Morgan fingerprint density at radius 1 is 1.00 bits per heavy atom. The third-order valence-electron chi connectivity index (χ3n) is 3.83. The van der Waals surface area contributed by atoms with Gasteiger partial charge in [0.2, 0.25) is 5.91 Å². The molecule has 0 N–H and O–H groups in total. The number of amides is 1. The molecule has 24 heavy (non-hydrogen) atoms. The van der Waals surface area contributed by atoms with Gasteiger partial charge in [-0.1, -0.05) is 12.1 Å². The number of nitrogens with zero attached hydrogens (tertiary/aromatic N) is 1. The second-order valence-electron chi connectivity index (χ2n) is 5.53. The first-order chi connectivity index (χ1) is 11.2. The average molecular weight is 355 g/mol. The van der Waals surface area contributed by atoms with Crippen LogP contribution in [-0.2, 0) is 14.6 Å². The number of benzene rings is 2. The van der Waals surface area contributed by atoms with Gasteiger partial charge in [0, 0.05) is 5.69 Å². The topological polar surface area (TPSA) is 54.5 Å². The first-order valence-electron chi connectivity index (χ1n) is 6.95. The lowest BCUT2D eigenvalue weighted by Crippen LogP contribution is -2.29. The van der Waals surface area contributed by atoms with E-state index in [1.54, 1.807) is 0 Å². The van der Waals surface area contributed by atoms with Crippen LogP contribution in [0.2, 0.25) is 0 Å². The summed E-state index contributed by atoms with van der Waals surface area (Å²) in [6, 6.07) is 6.47. The molecular formula is C16H12F3NO3S. The summed E-state index contributed by atoms with van der Waals surface area (Å²) in [6.45, 7) is 1.52. The van der Waals surface area contributed by atoms with E-state index in [2.05, 4.69) is 0 Å². The number of sulfone groups is 1. The van der Waals surface area contributed by atoms with Gasteiger partial charge >= 0.3 is 0 Å². The van der Waals surface area contributed by atoms with Crippen molar-refractivity contribution in [2.45, 2.75) is 12.3 Å². The van der Waals surface area contributed by atoms with Crippen molar-refractivity contribution >= 4 is 21.4 Å². The largest absolute Gasteiger partial charge is 0.290 e. The molecule has 0 aromatic heterocycles. The third kappa shape index (κ3) is 2.66. The maximum atomic E-state index is 13.8. The highest BCUT2D eigenvalue weighted by atomic mass is 32.2. The molecule has 1 saturated heterocycles. The quantitative estimate of drug-likeness (QED) is 0.832. The highest BCUT2D eigenvalue weighted by Crippen LogP contribution is 2.38. The van der Waals surface area contributed by atoms with Crippen LogP contribution in [-0.4, -0.2) is 20.1 Å². The highest BCUT2D eigenvalue weighted by Gasteiger charge is 2.46. The molecule has 2 aromatic rings. The Morgan fingerprint density at radius 2 is 1.71 bits per heavy atom. The Hall–Kier alpha value is -2.35. The van der Waals surface area contributed by atoms with E-state index in [0.29, 0.717) is 5.56 Å². The molecule has 1 fully saturated rings. The predicted molar refractivity (Wildman–Crippen MR) is 81.5 cm³/mol. The Bertz CT molecular complexity index is 944. The fraction of sp³-hybridized carbons (Fsp3) is 0.188. The molecule has 126 valence electrons. The predicted octanol–water partition coefficient (Wildman–Crippen LogP) is 2.87. The minimum absolute atomic E-state index is 0.0407. The van der Waals surface area contributed by atoms with Gasteiger partial charge in [-0.15, -0.1) is 0 Å². The lowest BCUT2D eigenvalue weighted by atomic mass is 10.1. The second kappa shape index (κ2) is 5.62. The highest BCUT2D eigenvalue weighted by molar-refractivity contribution is 7.93. The van der Waals surface area contributed by atoms with Gasteiger partial charge in [0.15, 0.2) is 26.8 Å². The average Bonchev–Trinajstić information content (AvgIpc) is 2.74. The monoisotopic (exact) mass is 355 g/mol. The van der Waals surface area contributed by atoms with Gasteiger partial charge in [-0.25, -0.2) is 21.6 Å². The molecule has 4 nitrogen and oxygen atoms in total. The summed E-state index contributed by atoms with van der Waals surface area (Å²) >= 11 is 0. The standard InChI is InChI=1S/C16H12F3NO3S/c1-9-2-4-11(7-13(9)18)20-15(21)8-24(22,23)16(20)10-3-5-12(17)14(19)6-10/h2-7,16H,8H2,1H3. The number of anilines is 1. The van der Waals surface area contributed by atoms with E-state index < -0.39 is 44.3 Å². The minimum atomic E-state index is -3.97. The SMILES string of the molecule is Cc1ccc(N2C(=O)CS(=O)(=O)C2c2ccc(F)c(F)c2)cc1F. The van der Waals surface area contributed by atoms with Crippen LogP contribution in [0.15, 0.2) is 36.4 Å². The molecule has 1 aliphatic rings. The van der Waals surface area contributed by atoms with Crippen molar-refractivity contribution in [2.24, 2.45) is 0 Å². The van der Waals surface area contributed by atoms with E-state index in [0.717, 1.165) is 29.2 Å². The molecule has 1 heterocycles. The van der Waals surface area contributed by atoms with Crippen LogP contribution < -0.4 is 4.90 Å². The first-order valence-corrected chi connectivity index (χ1v) is 8.67. The molecule has 8 heteroatoms. The van der Waals surface area contributed by atoms with Gasteiger partial charge in [-0.3, -0.25) is 9.69 Å². The minimum Gasteiger partial charge on any atom is -0.290 e. The Morgan fingerprint density at radius 3 is 2.33 bits per heavy atom. The van der Waals surface area contributed by atoms with E-state index in [4.69, 9.17) is 0 Å². The first kappa shape index (κ1) is 16.5. The van der Waals surface area contributed by atoms with Crippen molar-refractivity contribution in [1.82, 2.24) is 0 Å². The molecule has 2 aromatic carbocycles. The molecule has 0 saturated carbocycles. The lowest BCUT2D eigenvalue weighted by Gasteiger charge is -2.24. The summed E-state index contributed by atoms with van der Waals surface area (Å²) < 4.78 is 65.1. The van der Waals surface area contributed by atoms with Crippen molar-refractivity contribution in [2.75, 3.05) is 10.7 Å². The Balaban J connectivity index is 2.16. The van der Waals surface area contributed by atoms with Crippen LogP contribution >= 0.6 is 0 Å². The number of carbonyl (C=O) groups is 1. The molecule has 1 atom stereocenters. The molecule has 3 rings (SSSR count). The van der Waals surface area contributed by atoms with E-state index in [9.17, 15) is 26.4 Å². The zero-order chi connectivity index (χ0) is 17.6. The molecule has 1 amide bonds. The number of halogens is 3. The van der Waals surface area contributed by atoms with Crippen LogP contribution in [0.3, 0.4) is 0 Å². The van der Waals surface area contributed by atoms with E-state index in [1.165, 1.54) is 19.1 Å². The van der Waals surface area contributed by atoms with Crippen LogP contribution in [0.4, 0.5) is 18.9 Å². The second-order valence-corrected chi connectivity index (χ2v) is 7.59. The smallest absolute Gasteiger partial charge is 0.243 e. The maximum absolute atomic E-state index is 13.8. The van der Waals surface area contributed by atoms with E-state index >= 15 is 0 Å². The summed E-state index contributed by atoms with van der Waals surface area (Å²) in [5.74, 6) is -4.50. The van der Waals surface area contributed by atoms with Crippen molar-refractivity contribution in [1.29, 1.82) is 0 Å². The number of aryl methyl sites for hydroxylation is 1. The Kier molecular flexibility index (Phi) is 3.87. The molecule has 0 radical (unpaired) electrons. The van der Waals surface area contributed by atoms with Crippen LogP contribution in [0, 0.1) is 24.4 Å². The summed E-state index contributed by atoms with van der Waals surface area (Å²) in [5.41, 5.74) is 0.275. The summed E-state index contributed by atoms with van der Waals surface area (Å²) in [4.78, 5) is 13.1. The number of hydrogen-bond donors (Lipinski definition) is 0. The zero-order valence-corrected chi connectivity index (χ0v) is 13.3. The molecule has 0 aliphatic carbocycles. The van der Waals surface area contributed by atoms with Gasteiger partial charge in [-0.2, -0.15) is 0 Å². The summed E-state index contributed by atoms with van der Waals surface area (Å²) in [6.07, 6.45) is 0. The van der Waals surface area contributed by atoms with E-state index in [1.807, 2.05) is 0 Å². The molecule has 0 spiro atoms.